The van der Waals surface area contributed by atoms with Crippen LogP contribution >= 0.6 is 0 Å². The molecule has 1 N–H and O–H groups in total. The maximum atomic E-state index is 12.6. The summed E-state index contributed by atoms with van der Waals surface area (Å²) in [6, 6.07) is 17.9. The highest BCUT2D eigenvalue weighted by Crippen LogP contribution is 2.14. The van der Waals surface area contributed by atoms with Crippen LogP contribution in [-0.4, -0.2) is 35.8 Å². The molecular weight excluding hydrogens is 348 g/mol. The van der Waals surface area contributed by atoms with E-state index in [4.69, 9.17) is 0 Å². The molecule has 0 saturated carbocycles. The first kappa shape index (κ1) is 20.1. The van der Waals surface area contributed by atoms with Crippen LogP contribution in [0.3, 0.4) is 0 Å². The maximum Gasteiger partial charge on any atom is 0.251 e. The van der Waals surface area contributed by atoms with E-state index in [0.29, 0.717) is 25.1 Å². The predicted molar refractivity (Wildman–Crippen MR) is 112 cm³/mol. The quantitative estimate of drug-likeness (QED) is 0.792. The zero-order valence-corrected chi connectivity index (χ0v) is 16.7. The van der Waals surface area contributed by atoms with Gasteiger partial charge in [0.05, 0.1) is 6.42 Å². The number of hydrogen-bond acceptors (Lipinski definition) is 2. The number of nitrogens with one attached hydrogen (secondary N) is 1. The summed E-state index contributed by atoms with van der Waals surface area (Å²) in [5.41, 5.74) is 3.10. The lowest BCUT2D eigenvalue weighted by Crippen LogP contribution is -2.46. The molecule has 1 fully saturated rings. The molecular formula is C24H30N2O2. The molecule has 1 aliphatic rings. The second-order valence-electron chi connectivity index (χ2n) is 7.59. The molecule has 4 heteroatoms. The third-order valence-electron chi connectivity index (χ3n) is 5.42. The number of likely N-dealkylation sites (tertiary alicyclic amines) is 1. The molecule has 1 aliphatic heterocycles. The minimum absolute atomic E-state index is 0.0338. The highest BCUT2D eigenvalue weighted by Gasteiger charge is 2.24. The van der Waals surface area contributed by atoms with Gasteiger partial charge in [-0.3, -0.25) is 9.59 Å². The van der Waals surface area contributed by atoms with Crippen molar-refractivity contribution in [3.05, 3.63) is 71.3 Å². The van der Waals surface area contributed by atoms with Crippen LogP contribution in [0.1, 0.15) is 54.1 Å². The molecule has 0 unspecified atom stereocenters. The number of hydrogen-bond donors (Lipinski definition) is 1. The second kappa shape index (κ2) is 10.1. The average molecular weight is 379 g/mol. The lowest BCUT2D eigenvalue weighted by molar-refractivity contribution is -0.131. The van der Waals surface area contributed by atoms with Gasteiger partial charge in [-0.25, -0.2) is 0 Å². The maximum absolute atomic E-state index is 12.6. The van der Waals surface area contributed by atoms with E-state index in [1.807, 2.05) is 35.2 Å². The van der Waals surface area contributed by atoms with Crippen molar-refractivity contribution in [2.24, 2.45) is 0 Å². The first-order chi connectivity index (χ1) is 13.7. The fraction of sp³-hybridized carbons (Fsp3) is 0.417. The van der Waals surface area contributed by atoms with Crippen LogP contribution in [0.2, 0.25) is 0 Å². The zero-order chi connectivity index (χ0) is 19.8. The first-order valence-corrected chi connectivity index (χ1v) is 10.4. The minimum Gasteiger partial charge on any atom is -0.349 e. The molecule has 28 heavy (non-hydrogen) atoms. The molecule has 2 aromatic carbocycles. The van der Waals surface area contributed by atoms with E-state index in [1.165, 1.54) is 18.4 Å². The number of aryl methyl sites for hydroxylation is 1. The van der Waals surface area contributed by atoms with Crippen LogP contribution in [0.5, 0.6) is 0 Å². The van der Waals surface area contributed by atoms with Crippen LogP contribution in [0.15, 0.2) is 54.6 Å². The fourth-order valence-electron chi connectivity index (χ4n) is 3.62. The van der Waals surface area contributed by atoms with Crippen molar-refractivity contribution in [3.8, 4) is 0 Å². The molecule has 1 heterocycles. The largest absolute Gasteiger partial charge is 0.349 e. The van der Waals surface area contributed by atoms with Gasteiger partial charge in [0, 0.05) is 24.7 Å². The monoisotopic (exact) mass is 378 g/mol. The normalized spacial score (nSPS) is 14.7. The van der Waals surface area contributed by atoms with E-state index < -0.39 is 0 Å². The smallest absolute Gasteiger partial charge is 0.251 e. The fourth-order valence-corrected chi connectivity index (χ4v) is 3.62. The van der Waals surface area contributed by atoms with Crippen LogP contribution in [0, 0.1) is 0 Å². The third kappa shape index (κ3) is 5.69. The molecule has 2 amide bonds. The Balaban J connectivity index is 1.44. The lowest BCUT2D eigenvalue weighted by atomic mass is 10.0. The Labute approximate surface area is 167 Å². The number of benzene rings is 2. The van der Waals surface area contributed by atoms with Crippen LogP contribution in [0.4, 0.5) is 0 Å². The molecule has 0 spiro atoms. The third-order valence-corrected chi connectivity index (χ3v) is 5.42. The summed E-state index contributed by atoms with van der Waals surface area (Å²) in [5, 5.41) is 3.09. The van der Waals surface area contributed by atoms with Crippen molar-refractivity contribution in [1.82, 2.24) is 10.2 Å². The Morgan fingerprint density at radius 1 is 0.964 bits per heavy atom. The van der Waals surface area contributed by atoms with E-state index in [1.54, 1.807) is 0 Å². The van der Waals surface area contributed by atoms with Crippen molar-refractivity contribution < 1.29 is 9.59 Å². The number of piperidine rings is 1. The van der Waals surface area contributed by atoms with Crippen LogP contribution in [-0.2, 0) is 17.6 Å². The van der Waals surface area contributed by atoms with Gasteiger partial charge in [-0.05, 0) is 48.9 Å². The number of nitrogens with zero attached hydrogens (tertiary/aromatic N) is 1. The van der Waals surface area contributed by atoms with Gasteiger partial charge in [-0.2, -0.15) is 0 Å². The molecule has 3 rings (SSSR count). The summed E-state index contributed by atoms with van der Waals surface area (Å²) in [4.78, 5) is 26.8. The van der Waals surface area contributed by atoms with E-state index in [0.717, 1.165) is 24.8 Å². The van der Waals surface area contributed by atoms with Crippen LogP contribution < -0.4 is 5.32 Å². The lowest BCUT2D eigenvalue weighted by Gasteiger charge is -2.32. The van der Waals surface area contributed by atoms with Gasteiger partial charge >= 0.3 is 0 Å². The molecule has 0 radical (unpaired) electrons. The van der Waals surface area contributed by atoms with Crippen molar-refractivity contribution in [3.63, 3.8) is 0 Å². The van der Waals surface area contributed by atoms with Crippen molar-refractivity contribution in [2.45, 2.75) is 51.5 Å². The molecule has 0 atom stereocenters. The van der Waals surface area contributed by atoms with Crippen molar-refractivity contribution in [1.29, 1.82) is 0 Å². The number of carbonyl (C=O) groups excluding carboxylic acids is 2. The van der Waals surface area contributed by atoms with Gasteiger partial charge in [0.2, 0.25) is 5.91 Å². The van der Waals surface area contributed by atoms with E-state index in [9.17, 15) is 9.59 Å². The average Bonchev–Trinajstić information content (AvgIpc) is 2.74. The van der Waals surface area contributed by atoms with Gasteiger partial charge in [-0.15, -0.1) is 0 Å². The topological polar surface area (TPSA) is 49.4 Å². The Morgan fingerprint density at radius 3 is 2.25 bits per heavy atom. The molecule has 148 valence electrons. The summed E-state index contributed by atoms with van der Waals surface area (Å²) < 4.78 is 0. The Morgan fingerprint density at radius 2 is 1.61 bits per heavy atom. The van der Waals surface area contributed by atoms with Gasteiger partial charge < -0.3 is 10.2 Å². The van der Waals surface area contributed by atoms with E-state index >= 15 is 0 Å². The SMILES string of the molecule is CCCCc1ccc(CC(=O)N2CCC(NC(=O)c3ccccc3)CC2)cc1. The molecule has 2 aromatic rings. The number of rotatable bonds is 7. The predicted octanol–water partition coefficient (Wildman–Crippen LogP) is 3.99. The van der Waals surface area contributed by atoms with E-state index in [2.05, 4.69) is 36.5 Å². The van der Waals surface area contributed by atoms with Gasteiger partial charge in [0.25, 0.3) is 5.91 Å². The van der Waals surface area contributed by atoms with Crippen molar-refractivity contribution in [2.75, 3.05) is 13.1 Å². The molecule has 0 aliphatic carbocycles. The minimum atomic E-state index is -0.0338. The molecule has 0 aromatic heterocycles. The first-order valence-electron chi connectivity index (χ1n) is 10.4. The summed E-state index contributed by atoms with van der Waals surface area (Å²) >= 11 is 0. The number of unbranched alkanes of at least 4 members (excludes halogenated alkanes) is 1. The van der Waals surface area contributed by atoms with Gasteiger partial charge in [-0.1, -0.05) is 55.8 Å². The van der Waals surface area contributed by atoms with Crippen LogP contribution in [0.25, 0.3) is 0 Å². The second-order valence-corrected chi connectivity index (χ2v) is 7.59. The Kier molecular flexibility index (Phi) is 7.24. The Bertz CT molecular complexity index is 763. The number of carbonyl (C=O) groups is 2. The number of amides is 2. The molecule has 1 saturated heterocycles. The Hall–Kier alpha value is -2.62. The molecule has 0 bridgehead atoms. The summed E-state index contributed by atoms with van der Waals surface area (Å²) in [7, 11) is 0. The summed E-state index contributed by atoms with van der Waals surface area (Å²) in [6.45, 7) is 3.60. The van der Waals surface area contributed by atoms with Crippen molar-refractivity contribution >= 4 is 11.8 Å². The zero-order valence-electron chi connectivity index (χ0n) is 16.7. The highest BCUT2D eigenvalue weighted by atomic mass is 16.2. The molecule has 4 nitrogen and oxygen atoms in total. The van der Waals surface area contributed by atoms with Gasteiger partial charge in [0.15, 0.2) is 0 Å². The summed E-state index contributed by atoms with van der Waals surface area (Å²) in [5.74, 6) is 0.141. The van der Waals surface area contributed by atoms with Gasteiger partial charge in [0.1, 0.15) is 0 Å². The summed E-state index contributed by atoms with van der Waals surface area (Å²) in [6.07, 6.45) is 5.57. The highest BCUT2D eigenvalue weighted by molar-refractivity contribution is 5.94. The standard InChI is InChI=1S/C24H30N2O2/c1-2-3-7-19-10-12-20(13-11-19)18-23(27)26-16-14-22(15-17-26)25-24(28)21-8-5-4-6-9-21/h4-6,8-13,22H,2-3,7,14-18H2,1H3,(H,25,28). The van der Waals surface area contributed by atoms with E-state index in [-0.39, 0.29) is 17.9 Å².